The van der Waals surface area contributed by atoms with E-state index in [0.29, 0.717) is 69.0 Å². The van der Waals surface area contributed by atoms with Gasteiger partial charge in [-0.2, -0.15) is 4.98 Å². The second-order valence-electron chi connectivity index (χ2n) is 10.6. The summed E-state index contributed by atoms with van der Waals surface area (Å²) in [5, 5.41) is 7.00. The molecule has 2 aliphatic heterocycles. The van der Waals surface area contributed by atoms with Gasteiger partial charge in [-0.3, -0.25) is 9.59 Å². The first-order valence-corrected chi connectivity index (χ1v) is 15.3. The van der Waals surface area contributed by atoms with Crippen LogP contribution < -0.4 is 10.5 Å². The highest BCUT2D eigenvalue weighted by atomic mass is 16.5. The van der Waals surface area contributed by atoms with Crippen LogP contribution in [0, 0.1) is 5.92 Å². The number of aliphatic hydroxyl groups is 1. The fraction of sp³-hybridized carbons (Fsp3) is 0.742. The maximum atomic E-state index is 13.5. The molecule has 10 heteroatoms. The lowest BCUT2D eigenvalue weighted by Gasteiger charge is -2.28. The average molecular weight is 577 g/mol. The van der Waals surface area contributed by atoms with Gasteiger partial charge in [0.2, 0.25) is 5.88 Å². The molecule has 3 heterocycles. The van der Waals surface area contributed by atoms with Crippen molar-refractivity contribution in [1.82, 2.24) is 14.9 Å². The van der Waals surface area contributed by atoms with Crippen LogP contribution in [0.4, 0.5) is 0 Å². The number of fused-ring (bicyclic) bond motifs is 1. The van der Waals surface area contributed by atoms with Crippen LogP contribution in [0.2, 0.25) is 0 Å². The van der Waals surface area contributed by atoms with E-state index in [1.807, 2.05) is 20.8 Å². The minimum atomic E-state index is -0.608. The molecule has 232 valence electrons. The van der Waals surface area contributed by atoms with E-state index >= 15 is 0 Å². The van der Waals surface area contributed by atoms with Crippen molar-refractivity contribution in [3.63, 3.8) is 0 Å². The smallest absolute Gasteiger partial charge is 0.222 e. The summed E-state index contributed by atoms with van der Waals surface area (Å²) in [5.74, 6) is 0.0356. The molecule has 0 radical (unpaired) electrons. The van der Waals surface area contributed by atoms with Crippen molar-refractivity contribution >= 4 is 17.3 Å². The molecule has 3 atom stereocenters. The second kappa shape index (κ2) is 18.2. The Balaban J connectivity index is 0.00000141. The van der Waals surface area contributed by atoms with Crippen molar-refractivity contribution in [2.24, 2.45) is 11.7 Å². The Morgan fingerprint density at radius 3 is 2.56 bits per heavy atom. The van der Waals surface area contributed by atoms with Gasteiger partial charge >= 0.3 is 0 Å². The van der Waals surface area contributed by atoms with Crippen LogP contribution in [-0.2, 0) is 25.7 Å². The SMILES string of the molecule is CC.CCC/C(C(=O)[C@H]1CCCCC1=O)=C(/N)c1nc(OC[C@@H]2CCCN2C)c2c(n1)[C@@H](CCOC)COC2.CO. The van der Waals surface area contributed by atoms with E-state index in [-0.39, 0.29) is 23.2 Å². The summed E-state index contributed by atoms with van der Waals surface area (Å²) in [6, 6.07) is 0.324. The topological polar surface area (TPSA) is 137 Å². The molecular weight excluding hydrogens is 524 g/mol. The molecule has 41 heavy (non-hydrogen) atoms. The van der Waals surface area contributed by atoms with Crippen molar-refractivity contribution in [3.05, 3.63) is 22.7 Å². The molecular formula is C31H52N4O6. The summed E-state index contributed by atoms with van der Waals surface area (Å²) in [4.78, 5) is 38.1. The van der Waals surface area contributed by atoms with Crippen LogP contribution in [0.3, 0.4) is 0 Å². The number of allylic oxidation sites excluding steroid dienone is 1. The van der Waals surface area contributed by atoms with Crippen LogP contribution in [0.5, 0.6) is 5.88 Å². The highest BCUT2D eigenvalue weighted by molar-refractivity contribution is 6.13. The molecule has 1 saturated heterocycles. The van der Waals surface area contributed by atoms with Crippen LogP contribution in [0.1, 0.15) is 102 Å². The number of methoxy groups -OCH3 is 1. The molecule has 2 fully saturated rings. The van der Waals surface area contributed by atoms with E-state index in [1.165, 1.54) is 0 Å². The van der Waals surface area contributed by atoms with Gasteiger partial charge in [0.25, 0.3) is 0 Å². The molecule has 4 rings (SSSR count). The van der Waals surface area contributed by atoms with E-state index in [9.17, 15) is 9.59 Å². The lowest BCUT2D eigenvalue weighted by Crippen LogP contribution is -2.32. The predicted octanol–water partition coefficient (Wildman–Crippen LogP) is 4.03. The van der Waals surface area contributed by atoms with E-state index in [1.54, 1.807) is 7.11 Å². The minimum Gasteiger partial charge on any atom is -0.476 e. The highest BCUT2D eigenvalue weighted by Crippen LogP contribution is 2.35. The number of rotatable bonds is 11. The van der Waals surface area contributed by atoms with Gasteiger partial charge < -0.3 is 30.0 Å². The van der Waals surface area contributed by atoms with Gasteiger partial charge in [-0.05, 0) is 52.1 Å². The molecule has 0 amide bonds. The molecule has 3 N–H and O–H groups in total. The molecule has 0 spiro atoms. The van der Waals surface area contributed by atoms with Gasteiger partial charge in [0, 0.05) is 44.8 Å². The number of Topliss-reactive ketones (excluding diaryl/α,β-unsaturated/α-hetero) is 2. The van der Waals surface area contributed by atoms with Gasteiger partial charge in [-0.25, -0.2) is 4.98 Å². The number of carbonyl (C=O) groups excluding carboxylic acids is 2. The molecule has 0 bridgehead atoms. The van der Waals surface area contributed by atoms with Crippen LogP contribution in [0.15, 0.2) is 5.57 Å². The maximum Gasteiger partial charge on any atom is 0.222 e. The maximum absolute atomic E-state index is 13.5. The minimum absolute atomic E-state index is 0.0139. The number of likely N-dealkylation sites (N-methyl/N-ethyl adjacent to an activating group) is 1. The standard InChI is InChI=1S/C28H42N4O5.C2H6.CH4O/c1-4-8-21(26(34)20-10-5-6-11-23(20)33)24(29)27-30-25-18(12-14-35-3)15-36-17-22(25)28(31-27)37-16-19-9-7-13-32(19)2;2*1-2/h18-20H,4-17,29H2,1-3H3;1-2H3;2H,1H3/b24-21-;;/t18-,19-,20-;;/m0../s1. The van der Waals surface area contributed by atoms with Crippen molar-refractivity contribution in [3.8, 4) is 5.88 Å². The highest BCUT2D eigenvalue weighted by Gasteiger charge is 2.34. The molecule has 0 unspecified atom stereocenters. The Bertz CT molecular complexity index is 1010. The van der Waals surface area contributed by atoms with Gasteiger partial charge in [0.15, 0.2) is 11.6 Å². The monoisotopic (exact) mass is 576 g/mol. The summed E-state index contributed by atoms with van der Waals surface area (Å²) in [6.45, 7) is 9.05. The summed E-state index contributed by atoms with van der Waals surface area (Å²) >= 11 is 0. The largest absolute Gasteiger partial charge is 0.476 e. The Morgan fingerprint density at radius 1 is 1.17 bits per heavy atom. The lowest BCUT2D eigenvalue weighted by molar-refractivity contribution is -0.132. The van der Waals surface area contributed by atoms with Gasteiger partial charge in [-0.15, -0.1) is 0 Å². The van der Waals surface area contributed by atoms with E-state index in [2.05, 4.69) is 11.9 Å². The molecule has 1 aromatic rings. The third-order valence-corrected chi connectivity index (χ3v) is 7.94. The fourth-order valence-corrected chi connectivity index (χ4v) is 5.67. The van der Waals surface area contributed by atoms with Crippen molar-refractivity contribution in [2.45, 2.75) is 97.1 Å². The van der Waals surface area contributed by atoms with Crippen LogP contribution >= 0.6 is 0 Å². The lowest BCUT2D eigenvalue weighted by atomic mass is 9.81. The molecule has 0 aromatic carbocycles. The quantitative estimate of drug-likeness (QED) is 0.293. The van der Waals surface area contributed by atoms with Crippen LogP contribution in [0.25, 0.3) is 5.70 Å². The average Bonchev–Trinajstić information content (AvgIpc) is 3.43. The number of carbonyl (C=O) groups is 2. The van der Waals surface area contributed by atoms with Crippen LogP contribution in [-0.4, -0.2) is 85.2 Å². The van der Waals surface area contributed by atoms with Gasteiger partial charge in [0.05, 0.1) is 36.1 Å². The van der Waals surface area contributed by atoms with Crippen molar-refractivity contribution < 1.29 is 28.9 Å². The number of ether oxygens (including phenoxy) is 3. The Labute approximate surface area is 246 Å². The van der Waals surface area contributed by atoms with Crippen molar-refractivity contribution in [1.29, 1.82) is 0 Å². The number of nitrogens with two attached hydrogens (primary N) is 1. The number of hydrogen-bond donors (Lipinski definition) is 2. The van der Waals surface area contributed by atoms with E-state index < -0.39 is 5.92 Å². The zero-order chi connectivity index (χ0) is 30.4. The second-order valence-corrected chi connectivity index (χ2v) is 10.6. The number of likely N-dealkylation sites (tertiary alicyclic amines) is 1. The Morgan fingerprint density at radius 2 is 1.93 bits per heavy atom. The normalized spacial score (nSPS) is 22.9. The number of aliphatic hydroxyl groups excluding tert-OH is 1. The van der Waals surface area contributed by atoms with E-state index in [4.69, 9.17) is 35.0 Å². The van der Waals surface area contributed by atoms with Gasteiger partial charge in [0.1, 0.15) is 12.4 Å². The third-order valence-electron chi connectivity index (χ3n) is 7.94. The molecule has 1 saturated carbocycles. The molecule has 3 aliphatic rings. The third kappa shape index (κ3) is 9.04. The first kappa shape index (κ1) is 34.8. The summed E-state index contributed by atoms with van der Waals surface area (Å²) in [7, 11) is 4.79. The predicted molar refractivity (Wildman–Crippen MR) is 160 cm³/mol. The molecule has 1 aromatic heterocycles. The molecule has 1 aliphatic carbocycles. The zero-order valence-corrected chi connectivity index (χ0v) is 26.0. The first-order chi connectivity index (χ1) is 19.9. The molecule has 10 nitrogen and oxygen atoms in total. The number of aromatic nitrogens is 2. The fourth-order valence-electron chi connectivity index (χ4n) is 5.67. The number of ketones is 2. The number of hydrogen-bond acceptors (Lipinski definition) is 10. The zero-order valence-electron chi connectivity index (χ0n) is 26.0. The Kier molecular flexibility index (Phi) is 15.5. The van der Waals surface area contributed by atoms with Gasteiger partial charge in [-0.1, -0.05) is 33.6 Å². The summed E-state index contributed by atoms with van der Waals surface area (Å²) in [5.41, 5.74) is 9.08. The van der Waals surface area contributed by atoms with E-state index in [0.717, 1.165) is 63.4 Å². The first-order valence-electron chi connectivity index (χ1n) is 15.3. The Hall–Kier alpha value is -2.40. The summed E-state index contributed by atoms with van der Waals surface area (Å²) in [6.07, 6.45) is 6.96. The van der Waals surface area contributed by atoms with Crippen molar-refractivity contribution in [2.75, 3.05) is 47.6 Å². The number of nitrogens with zero attached hydrogens (tertiary/aromatic N) is 3. The summed E-state index contributed by atoms with van der Waals surface area (Å²) < 4.78 is 17.5.